The van der Waals surface area contributed by atoms with Crippen molar-refractivity contribution in [3.63, 3.8) is 0 Å². The number of piperidine rings is 1. The fourth-order valence-electron chi connectivity index (χ4n) is 4.95. The van der Waals surface area contributed by atoms with E-state index >= 15 is 0 Å². The van der Waals surface area contributed by atoms with E-state index in [0.717, 1.165) is 57.2 Å². The first-order chi connectivity index (χ1) is 13.5. The molecule has 2 atom stereocenters. The molecule has 0 saturated carbocycles. The minimum atomic E-state index is -0.979. The number of likely N-dealkylation sites (tertiary alicyclic amines) is 1. The number of nitrogens with one attached hydrogen (secondary N) is 1. The quantitative estimate of drug-likeness (QED) is 0.357. The number of carbonyl (C=O) groups excluding carboxylic acids is 1. The van der Waals surface area contributed by atoms with Gasteiger partial charge in [0.25, 0.3) is 0 Å². The molecular formula is C21H32FN3O3. The lowest BCUT2D eigenvalue weighted by Crippen LogP contribution is -2.57. The summed E-state index contributed by atoms with van der Waals surface area (Å²) in [6.07, 6.45) is 5.68. The van der Waals surface area contributed by atoms with Crippen LogP contribution in [0, 0.1) is 11.7 Å². The molecule has 4 N–H and O–H groups in total. The van der Waals surface area contributed by atoms with E-state index < -0.39 is 5.54 Å². The van der Waals surface area contributed by atoms with E-state index in [1.54, 1.807) is 12.1 Å². The van der Waals surface area contributed by atoms with E-state index in [4.69, 9.17) is 15.7 Å². The van der Waals surface area contributed by atoms with Crippen molar-refractivity contribution in [3.05, 3.63) is 35.1 Å². The number of carbonyl (C=O) groups is 1. The zero-order valence-corrected chi connectivity index (χ0v) is 16.6. The Morgan fingerprint density at radius 1 is 1.36 bits per heavy atom. The van der Waals surface area contributed by atoms with Crippen LogP contribution < -0.4 is 11.2 Å². The van der Waals surface area contributed by atoms with E-state index in [1.807, 2.05) is 6.07 Å². The Morgan fingerprint density at radius 3 is 2.79 bits per heavy atom. The Morgan fingerprint density at radius 2 is 2.11 bits per heavy atom. The summed E-state index contributed by atoms with van der Waals surface area (Å²) >= 11 is 0. The molecule has 0 aromatic heterocycles. The topological polar surface area (TPSA) is 87.8 Å². The van der Waals surface area contributed by atoms with Crippen LogP contribution >= 0.6 is 0 Å². The molecule has 0 radical (unpaired) electrons. The van der Waals surface area contributed by atoms with Crippen LogP contribution in [0.2, 0.25) is 0 Å². The van der Waals surface area contributed by atoms with Crippen molar-refractivity contribution in [3.8, 4) is 0 Å². The largest absolute Gasteiger partial charge is 0.468 e. The summed E-state index contributed by atoms with van der Waals surface area (Å²) in [6, 6.07) is 5.46. The van der Waals surface area contributed by atoms with Gasteiger partial charge in [0.2, 0.25) is 0 Å². The molecule has 1 fully saturated rings. The number of aryl methyl sites for hydroxylation is 1. The van der Waals surface area contributed by atoms with Crippen LogP contribution in [0.4, 0.5) is 4.39 Å². The summed E-state index contributed by atoms with van der Waals surface area (Å²) in [4.78, 5) is 14.9. The van der Waals surface area contributed by atoms with Crippen molar-refractivity contribution in [1.29, 1.82) is 0 Å². The van der Waals surface area contributed by atoms with Crippen LogP contribution in [-0.2, 0) is 16.0 Å². The molecule has 0 spiro atoms. The van der Waals surface area contributed by atoms with Crippen LogP contribution in [0.3, 0.4) is 0 Å². The normalized spacial score (nSPS) is 22.6. The highest BCUT2D eigenvalue weighted by Gasteiger charge is 2.44. The highest BCUT2D eigenvalue weighted by atomic mass is 19.1. The standard InChI is InChI=1S/C21H32FN3O3/c1-28-20(26)21(23,10-2-3-11-24-27)16-8-12-25(13-9-16)19-7-4-15-14-17(22)5-6-18(15)19/h5-6,14,16,19,24,27H,2-4,7-13,23H2,1H3. The van der Waals surface area contributed by atoms with Crippen LogP contribution in [0.25, 0.3) is 0 Å². The summed E-state index contributed by atoms with van der Waals surface area (Å²) in [6.45, 7) is 2.23. The molecule has 156 valence electrons. The summed E-state index contributed by atoms with van der Waals surface area (Å²) in [7, 11) is 1.39. The molecule has 1 aromatic carbocycles. The number of hydrogen-bond acceptors (Lipinski definition) is 6. The van der Waals surface area contributed by atoms with Crippen LogP contribution in [0.15, 0.2) is 18.2 Å². The molecule has 1 aromatic rings. The van der Waals surface area contributed by atoms with Crippen LogP contribution in [0.1, 0.15) is 55.7 Å². The number of unbranched alkanes of at least 4 members (excludes halogenated alkanes) is 1. The number of benzene rings is 1. The lowest BCUT2D eigenvalue weighted by atomic mass is 9.75. The zero-order valence-electron chi connectivity index (χ0n) is 16.6. The molecule has 1 aliphatic heterocycles. The van der Waals surface area contributed by atoms with Gasteiger partial charge in [0, 0.05) is 12.6 Å². The third-order valence-corrected chi connectivity index (χ3v) is 6.54. The number of hydrogen-bond donors (Lipinski definition) is 3. The van der Waals surface area contributed by atoms with Gasteiger partial charge in [-0.15, -0.1) is 0 Å². The van der Waals surface area contributed by atoms with Gasteiger partial charge in [-0.3, -0.25) is 9.69 Å². The maximum absolute atomic E-state index is 13.5. The fourth-order valence-corrected chi connectivity index (χ4v) is 4.95. The first kappa shape index (κ1) is 21.2. The number of nitrogens with two attached hydrogens (primary N) is 1. The van der Waals surface area contributed by atoms with Gasteiger partial charge in [-0.1, -0.05) is 6.07 Å². The van der Waals surface area contributed by atoms with E-state index in [9.17, 15) is 9.18 Å². The first-order valence-electron chi connectivity index (χ1n) is 10.3. The highest BCUT2D eigenvalue weighted by Crippen LogP contribution is 2.40. The molecular weight excluding hydrogens is 361 g/mol. The minimum absolute atomic E-state index is 0.0763. The molecule has 0 bridgehead atoms. The van der Waals surface area contributed by atoms with Gasteiger partial charge >= 0.3 is 5.97 Å². The molecule has 2 unspecified atom stereocenters. The number of hydroxylamine groups is 1. The molecule has 6 nitrogen and oxygen atoms in total. The summed E-state index contributed by atoms with van der Waals surface area (Å²) < 4.78 is 18.5. The Labute approximate surface area is 166 Å². The number of esters is 1. The zero-order chi connectivity index (χ0) is 20.1. The first-order valence-corrected chi connectivity index (χ1v) is 10.3. The Bertz CT molecular complexity index is 679. The van der Waals surface area contributed by atoms with Gasteiger partial charge in [0.1, 0.15) is 11.4 Å². The molecule has 0 amide bonds. The second kappa shape index (κ2) is 9.31. The van der Waals surface area contributed by atoms with Crippen molar-refractivity contribution in [2.75, 3.05) is 26.7 Å². The second-order valence-corrected chi connectivity index (χ2v) is 8.11. The maximum Gasteiger partial charge on any atom is 0.326 e. The number of fused-ring (bicyclic) bond motifs is 1. The lowest BCUT2D eigenvalue weighted by Gasteiger charge is -2.42. The second-order valence-electron chi connectivity index (χ2n) is 8.11. The van der Waals surface area contributed by atoms with Gasteiger partial charge in [-0.2, -0.15) is 0 Å². The lowest BCUT2D eigenvalue weighted by molar-refractivity contribution is -0.150. The number of halogens is 1. The predicted octanol–water partition coefficient (Wildman–Crippen LogP) is 2.54. The average molecular weight is 394 g/mol. The number of methoxy groups -OCH3 is 1. The molecule has 28 heavy (non-hydrogen) atoms. The third-order valence-electron chi connectivity index (χ3n) is 6.54. The SMILES string of the molecule is COC(=O)C(N)(CCCCNO)C1CCN(C2CCc3cc(F)ccc32)CC1. The van der Waals surface area contributed by atoms with Crippen molar-refractivity contribution in [1.82, 2.24) is 10.4 Å². The number of ether oxygens (including phenoxy) is 1. The summed E-state index contributed by atoms with van der Waals surface area (Å²) in [5.41, 5.74) is 10.1. The van der Waals surface area contributed by atoms with Gasteiger partial charge < -0.3 is 15.7 Å². The summed E-state index contributed by atoms with van der Waals surface area (Å²) in [5.74, 6) is -0.433. The Kier molecular flexibility index (Phi) is 7.04. The van der Waals surface area contributed by atoms with E-state index in [2.05, 4.69) is 10.4 Å². The van der Waals surface area contributed by atoms with Crippen LogP contribution in [-0.4, -0.2) is 48.4 Å². The molecule has 1 aliphatic carbocycles. The maximum atomic E-state index is 13.5. The van der Waals surface area contributed by atoms with Crippen molar-refractivity contribution in [2.24, 2.45) is 11.7 Å². The van der Waals surface area contributed by atoms with Gasteiger partial charge in [0.05, 0.1) is 7.11 Å². The van der Waals surface area contributed by atoms with E-state index in [-0.39, 0.29) is 17.7 Å². The molecule has 3 rings (SSSR count). The van der Waals surface area contributed by atoms with Gasteiger partial charge in [0.15, 0.2) is 0 Å². The fraction of sp³-hybridized carbons (Fsp3) is 0.667. The smallest absolute Gasteiger partial charge is 0.326 e. The monoisotopic (exact) mass is 393 g/mol. The minimum Gasteiger partial charge on any atom is -0.468 e. The molecule has 1 heterocycles. The van der Waals surface area contributed by atoms with E-state index in [0.29, 0.717) is 19.0 Å². The van der Waals surface area contributed by atoms with E-state index in [1.165, 1.54) is 12.7 Å². The Balaban J connectivity index is 1.62. The average Bonchev–Trinajstić information content (AvgIpc) is 3.13. The Hall–Kier alpha value is -1.54. The van der Waals surface area contributed by atoms with Crippen molar-refractivity contribution >= 4 is 5.97 Å². The molecule has 2 aliphatic rings. The van der Waals surface area contributed by atoms with Crippen molar-refractivity contribution in [2.45, 2.75) is 56.5 Å². The van der Waals surface area contributed by atoms with Crippen LogP contribution in [0.5, 0.6) is 0 Å². The highest BCUT2D eigenvalue weighted by molar-refractivity contribution is 5.80. The van der Waals surface area contributed by atoms with Crippen molar-refractivity contribution < 1.29 is 19.1 Å². The summed E-state index contributed by atoms with van der Waals surface area (Å²) in [5, 5.41) is 8.72. The number of rotatable bonds is 8. The number of nitrogens with zero attached hydrogens (tertiary/aromatic N) is 1. The van der Waals surface area contributed by atoms with Gasteiger partial charge in [-0.25, -0.2) is 9.87 Å². The molecule has 1 saturated heterocycles. The van der Waals surface area contributed by atoms with Gasteiger partial charge in [-0.05, 0) is 87.2 Å². The predicted molar refractivity (Wildman–Crippen MR) is 104 cm³/mol. The molecule has 7 heteroatoms. The third kappa shape index (κ3) is 4.38.